The molecule has 1 aliphatic rings. The highest BCUT2D eigenvalue weighted by Crippen LogP contribution is 2.33. The molecule has 3 nitrogen and oxygen atoms in total. The smallest absolute Gasteiger partial charge is 0.223 e. The fraction of sp³-hybridized carbons (Fsp3) is 0.375. The quantitative estimate of drug-likeness (QED) is 0.824. The Morgan fingerprint density at radius 2 is 2.16 bits per heavy atom. The first kappa shape index (κ1) is 12.2. The van der Waals surface area contributed by atoms with Crippen LogP contribution in [0.4, 0.5) is 0 Å². The van der Waals surface area contributed by atoms with E-state index in [1.807, 2.05) is 30.0 Å². The van der Waals surface area contributed by atoms with Gasteiger partial charge in [0, 0.05) is 18.4 Å². The van der Waals surface area contributed by atoms with Crippen LogP contribution in [0.25, 0.3) is 10.9 Å². The number of carbonyl (C=O) groups is 1. The van der Waals surface area contributed by atoms with Crippen molar-refractivity contribution in [1.82, 2.24) is 9.88 Å². The Balaban J connectivity index is 2.08. The first-order chi connectivity index (χ1) is 9.20. The Hall–Kier alpha value is -1.90. The van der Waals surface area contributed by atoms with Gasteiger partial charge in [-0.15, -0.1) is 0 Å². The van der Waals surface area contributed by atoms with Crippen LogP contribution in [0, 0.1) is 6.92 Å². The van der Waals surface area contributed by atoms with Crippen LogP contribution in [0.15, 0.2) is 30.3 Å². The molecule has 3 heteroatoms. The highest BCUT2D eigenvalue weighted by molar-refractivity contribution is 5.83. The van der Waals surface area contributed by atoms with E-state index in [0.717, 1.165) is 24.2 Å². The molecule has 0 N–H and O–H groups in total. The Morgan fingerprint density at radius 1 is 1.37 bits per heavy atom. The molecule has 2 aromatic rings. The van der Waals surface area contributed by atoms with Gasteiger partial charge in [-0.2, -0.15) is 0 Å². The molecule has 3 rings (SSSR count). The van der Waals surface area contributed by atoms with Crippen molar-refractivity contribution in [1.29, 1.82) is 0 Å². The van der Waals surface area contributed by atoms with Gasteiger partial charge in [-0.05, 0) is 38.0 Å². The maximum atomic E-state index is 11.8. The lowest BCUT2D eigenvalue weighted by atomic mass is 10.0. The zero-order valence-electron chi connectivity index (χ0n) is 11.4. The number of hydrogen-bond acceptors (Lipinski definition) is 2. The van der Waals surface area contributed by atoms with Gasteiger partial charge in [0.1, 0.15) is 0 Å². The number of carbonyl (C=O) groups excluding carboxylic acids is 1. The predicted molar refractivity (Wildman–Crippen MR) is 75.8 cm³/mol. The zero-order valence-corrected chi connectivity index (χ0v) is 11.4. The summed E-state index contributed by atoms with van der Waals surface area (Å²) in [5, 5.41) is 1.19. The second-order valence-corrected chi connectivity index (χ2v) is 5.12. The molecule has 0 unspecified atom stereocenters. The average molecular weight is 254 g/mol. The molecule has 1 saturated heterocycles. The van der Waals surface area contributed by atoms with Gasteiger partial charge < -0.3 is 4.90 Å². The molecule has 1 amide bonds. The Bertz CT molecular complexity index is 636. The van der Waals surface area contributed by atoms with Gasteiger partial charge in [-0.25, -0.2) is 0 Å². The van der Waals surface area contributed by atoms with Crippen LogP contribution in [0.1, 0.15) is 37.1 Å². The lowest BCUT2D eigenvalue weighted by molar-refractivity contribution is -0.128. The number of nitrogens with zero attached hydrogens (tertiary/aromatic N) is 2. The molecule has 1 aromatic carbocycles. The fourth-order valence-electron chi connectivity index (χ4n) is 2.98. The van der Waals surface area contributed by atoms with Crippen LogP contribution in [-0.4, -0.2) is 22.3 Å². The second-order valence-electron chi connectivity index (χ2n) is 5.12. The van der Waals surface area contributed by atoms with Crippen LogP contribution < -0.4 is 0 Å². The summed E-state index contributed by atoms with van der Waals surface area (Å²) in [6.07, 6.45) is 1.53. The number of aromatic nitrogens is 1. The molecule has 0 bridgehead atoms. The van der Waals surface area contributed by atoms with E-state index in [4.69, 9.17) is 4.98 Å². The first-order valence-electron chi connectivity index (χ1n) is 6.86. The molecule has 1 aliphatic heterocycles. The van der Waals surface area contributed by atoms with Crippen LogP contribution >= 0.6 is 0 Å². The van der Waals surface area contributed by atoms with Gasteiger partial charge in [0.05, 0.1) is 17.3 Å². The maximum Gasteiger partial charge on any atom is 0.223 e. The van der Waals surface area contributed by atoms with Crippen molar-refractivity contribution in [2.24, 2.45) is 0 Å². The Morgan fingerprint density at radius 3 is 2.95 bits per heavy atom. The van der Waals surface area contributed by atoms with Gasteiger partial charge in [0.2, 0.25) is 5.91 Å². The van der Waals surface area contributed by atoms with Gasteiger partial charge in [0.25, 0.3) is 0 Å². The SMILES string of the molecule is CCN1C(=O)CC[C@@H]1c1cc(C)c2ccccc2n1. The van der Waals surface area contributed by atoms with E-state index in [1.54, 1.807) is 0 Å². The molecule has 2 heterocycles. The van der Waals surface area contributed by atoms with Crippen LogP contribution in [0.2, 0.25) is 0 Å². The summed E-state index contributed by atoms with van der Waals surface area (Å²) >= 11 is 0. The summed E-state index contributed by atoms with van der Waals surface area (Å²) < 4.78 is 0. The van der Waals surface area contributed by atoms with Crippen molar-refractivity contribution in [3.05, 3.63) is 41.6 Å². The summed E-state index contributed by atoms with van der Waals surface area (Å²) in [6.45, 7) is 4.90. The number of amides is 1. The Labute approximate surface area is 113 Å². The molecule has 19 heavy (non-hydrogen) atoms. The van der Waals surface area contributed by atoms with E-state index >= 15 is 0 Å². The number of para-hydroxylation sites is 1. The fourth-order valence-corrected chi connectivity index (χ4v) is 2.98. The molecule has 1 fully saturated rings. The minimum absolute atomic E-state index is 0.154. The number of pyridine rings is 1. The highest BCUT2D eigenvalue weighted by atomic mass is 16.2. The standard InChI is InChI=1S/C16H18N2O/c1-3-18-15(8-9-16(18)19)14-10-11(2)12-6-4-5-7-13(12)17-14/h4-7,10,15H,3,8-9H2,1-2H3/t15-/m1/s1. The molecule has 1 aromatic heterocycles. The van der Waals surface area contributed by atoms with Crippen molar-refractivity contribution >= 4 is 16.8 Å². The minimum atomic E-state index is 0.154. The largest absolute Gasteiger partial charge is 0.334 e. The maximum absolute atomic E-state index is 11.8. The average Bonchev–Trinajstić information content (AvgIpc) is 2.80. The van der Waals surface area contributed by atoms with Crippen LogP contribution in [0.5, 0.6) is 0 Å². The highest BCUT2D eigenvalue weighted by Gasteiger charge is 2.31. The van der Waals surface area contributed by atoms with Crippen molar-refractivity contribution in [3.63, 3.8) is 0 Å². The normalized spacial score (nSPS) is 19.4. The van der Waals surface area contributed by atoms with Gasteiger partial charge >= 0.3 is 0 Å². The van der Waals surface area contributed by atoms with E-state index in [1.165, 1.54) is 10.9 Å². The third-order valence-corrected chi connectivity index (χ3v) is 3.95. The molecular formula is C16H18N2O. The van der Waals surface area contributed by atoms with Crippen molar-refractivity contribution in [2.45, 2.75) is 32.7 Å². The molecule has 0 aliphatic carbocycles. The monoisotopic (exact) mass is 254 g/mol. The number of likely N-dealkylation sites (tertiary alicyclic amines) is 1. The van der Waals surface area contributed by atoms with Gasteiger partial charge in [-0.1, -0.05) is 18.2 Å². The van der Waals surface area contributed by atoms with Crippen molar-refractivity contribution in [3.8, 4) is 0 Å². The molecule has 0 spiro atoms. The molecule has 98 valence electrons. The molecule has 0 radical (unpaired) electrons. The predicted octanol–water partition coefficient (Wildman–Crippen LogP) is 3.23. The molecule has 0 saturated carbocycles. The van der Waals surface area contributed by atoms with Crippen LogP contribution in [0.3, 0.4) is 0 Å². The topological polar surface area (TPSA) is 33.2 Å². The van der Waals surface area contributed by atoms with Gasteiger partial charge in [0.15, 0.2) is 0 Å². The summed E-state index contributed by atoms with van der Waals surface area (Å²) in [5.74, 6) is 0.250. The summed E-state index contributed by atoms with van der Waals surface area (Å²) in [5.41, 5.74) is 3.29. The molecular weight excluding hydrogens is 236 g/mol. The lowest BCUT2D eigenvalue weighted by Crippen LogP contribution is -2.27. The van der Waals surface area contributed by atoms with E-state index in [2.05, 4.69) is 19.1 Å². The first-order valence-corrected chi connectivity index (χ1v) is 6.86. The number of aryl methyl sites for hydroxylation is 1. The number of hydrogen-bond donors (Lipinski definition) is 0. The van der Waals surface area contributed by atoms with Crippen molar-refractivity contribution in [2.75, 3.05) is 6.54 Å². The Kier molecular flexibility index (Phi) is 2.97. The third-order valence-electron chi connectivity index (χ3n) is 3.95. The number of fused-ring (bicyclic) bond motifs is 1. The minimum Gasteiger partial charge on any atom is -0.334 e. The zero-order chi connectivity index (χ0) is 13.4. The summed E-state index contributed by atoms with van der Waals surface area (Å²) in [4.78, 5) is 18.5. The third kappa shape index (κ3) is 1.99. The van der Waals surface area contributed by atoms with E-state index < -0.39 is 0 Å². The van der Waals surface area contributed by atoms with Gasteiger partial charge in [-0.3, -0.25) is 9.78 Å². The molecule has 1 atom stereocenters. The van der Waals surface area contributed by atoms with E-state index in [0.29, 0.717) is 6.42 Å². The van der Waals surface area contributed by atoms with Crippen LogP contribution in [-0.2, 0) is 4.79 Å². The number of benzene rings is 1. The van der Waals surface area contributed by atoms with E-state index in [-0.39, 0.29) is 11.9 Å². The van der Waals surface area contributed by atoms with Crippen molar-refractivity contribution < 1.29 is 4.79 Å². The summed E-state index contributed by atoms with van der Waals surface area (Å²) in [6, 6.07) is 10.5. The number of rotatable bonds is 2. The summed E-state index contributed by atoms with van der Waals surface area (Å²) in [7, 11) is 0. The second kappa shape index (κ2) is 4.65. The van der Waals surface area contributed by atoms with E-state index in [9.17, 15) is 4.79 Å². The lowest BCUT2D eigenvalue weighted by Gasteiger charge is -2.23.